The third kappa shape index (κ3) is 3.45. The highest BCUT2D eigenvalue weighted by Crippen LogP contribution is 2.25. The van der Waals surface area contributed by atoms with Gasteiger partial charge in [-0.05, 0) is 50.3 Å². The summed E-state index contributed by atoms with van der Waals surface area (Å²) in [7, 11) is -1.29. The Labute approximate surface area is 116 Å². The lowest BCUT2D eigenvalue weighted by Crippen LogP contribution is -2.34. The van der Waals surface area contributed by atoms with E-state index in [1.165, 1.54) is 5.56 Å². The maximum Gasteiger partial charge on any atom is 0.134 e. The van der Waals surface area contributed by atoms with Crippen LogP contribution in [0.25, 0.3) is 11.0 Å². The average Bonchev–Trinajstić information content (AvgIpc) is 2.74. The van der Waals surface area contributed by atoms with E-state index in [4.69, 9.17) is 9.56 Å². The molecular weight excluding hydrogens is 258 g/mol. The highest BCUT2D eigenvalue weighted by Gasteiger charge is 2.26. The van der Waals surface area contributed by atoms with Crippen LogP contribution in [0.5, 0.6) is 0 Å². The summed E-state index contributed by atoms with van der Waals surface area (Å²) in [6.07, 6.45) is 3.49. The quantitative estimate of drug-likeness (QED) is 0.912. The van der Waals surface area contributed by atoms with Gasteiger partial charge < -0.3 is 4.42 Å². The first kappa shape index (κ1) is 14.3. The maximum atomic E-state index is 11.5. The highest BCUT2D eigenvalue weighted by atomic mass is 32.2. The first-order valence-corrected chi connectivity index (χ1v) is 7.72. The second-order valence-electron chi connectivity index (χ2n) is 5.86. The van der Waals surface area contributed by atoms with Gasteiger partial charge in [-0.2, -0.15) is 0 Å². The van der Waals surface area contributed by atoms with Crippen molar-refractivity contribution in [2.75, 3.05) is 0 Å². The Morgan fingerprint density at radius 3 is 2.79 bits per heavy atom. The van der Waals surface area contributed by atoms with Crippen molar-refractivity contribution in [2.45, 2.75) is 38.4 Å². The zero-order chi connectivity index (χ0) is 14.0. The van der Waals surface area contributed by atoms with Crippen LogP contribution in [0.3, 0.4) is 0 Å². The molecule has 0 fully saturated rings. The Hall–Kier alpha value is -1.13. The van der Waals surface area contributed by atoms with Gasteiger partial charge in [0.05, 0.1) is 22.0 Å². The molecule has 19 heavy (non-hydrogen) atoms. The Morgan fingerprint density at radius 2 is 2.11 bits per heavy atom. The molecule has 1 unspecified atom stereocenters. The number of nitrogens with two attached hydrogens (primary N) is 1. The van der Waals surface area contributed by atoms with Crippen LogP contribution in [0.1, 0.15) is 32.8 Å². The van der Waals surface area contributed by atoms with E-state index < -0.39 is 11.0 Å². The molecule has 104 valence electrons. The number of furan rings is 1. The Kier molecular flexibility index (Phi) is 4.11. The van der Waals surface area contributed by atoms with E-state index in [1.807, 2.05) is 19.9 Å². The Balaban J connectivity index is 2.06. The van der Waals surface area contributed by atoms with Crippen molar-refractivity contribution >= 4 is 22.0 Å². The molecule has 1 aromatic carbocycles. The fourth-order valence-corrected chi connectivity index (χ4v) is 2.97. The van der Waals surface area contributed by atoms with E-state index >= 15 is 0 Å². The van der Waals surface area contributed by atoms with Gasteiger partial charge in [-0.1, -0.05) is 19.1 Å². The van der Waals surface area contributed by atoms with Gasteiger partial charge in [0.25, 0.3) is 0 Å². The molecule has 0 aliphatic carbocycles. The molecule has 0 aliphatic rings. The second-order valence-corrected chi connectivity index (χ2v) is 7.56. The van der Waals surface area contributed by atoms with Crippen LogP contribution in [0.2, 0.25) is 0 Å². The van der Waals surface area contributed by atoms with Crippen molar-refractivity contribution in [1.82, 2.24) is 0 Å². The number of fused-ring (bicyclic) bond motifs is 1. The smallest absolute Gasteiger partial charge is 0.134 e. The van der Waals surface area contributed by atoms with Crippen LogP contribution in [-0.2, 0) is 17.4 Å². The number of hydrogen-bond acceptors (Lipinski definition) is 2. The second kappa shape index (κ2) is 5.47. The van der Waals surface area contributed by atoms with E-state index in [2.05, 4.69) is 25.1 Å². The molecule has 2 atom stereocenters. The van der Waals surface area contributed by atoms with E-state index in [1.54, 1.807) is 6.26 Å². The van der Waals surface area contributed by atoms with Crippen LogP contribution < -0.4 is 5.14 Å². The predicted molar refractivity (Wildman–Crippen MR) is 80.1 cm³/mol. The van der Waals surface area contributed by atoms with Gasteiger partial charge in [-0.25, -0.2) is 4.21 Å². The molecule has 0 spiro atoms. The van der Waals surface area contributed by atoms with Gasteiger partial charge in [-0.3, -0.25) is 5.14 Å². The first-order valence-electron chi connectivity index (χ1n) is 6.51. The summed E-state index contributed by atoms with van der Waals surface area (Å²) >= 11 is 0. The minimum Gasteiger partial charge on any atom is -0.464 e. The van der Waals surface area contributed by atoms with Gasteiger partial charge in [-0.15, -0.1) is 0 Å². The van der Waals surface area contributed by atoms with Crippen LogP contribution >= 0.6 is 0 Å². The SMILES string of the molecule is C[C@H](Cc1ccc2ccoc2c1)CC(C)(C)S(N)=O. The normalized spacial score (nSPS) is 15.6. The topological polar surface area (TPSA) is 56.2 Å². The lowest BCUT2D eigenvalue weighted by atomic mass is 9.92. The molecule has 0 saturated carbocycles. The molecule has 1 heterocycles. The van der Waals surface area contributed by atoms with Crippen LogP contribution in [0, 0.1) is 5.92 Å². The molecule has 2 aromatic rings. The van der Waals surface area contributed by atoms with Crippen molar-refractivity contribution in [2.24, 2.45) is 11.1 Å². The summed E-state index contributed by atoms with van der Waals surface area (Å²) in [6.45, 7) is 6.08. The highest BCUT2D eigenvalue weighted by molar-refractivity contribution is 7.84. The van der Waals surface area contributed by atoms with E-state index in [9.17, 15) is 4.21 Å². The number of benzene rings is 1. The summed E-state index contributed by atoms with van der Waals surface area (Å²) in [5.74, 6) is 0.426. The summed E-state index contributed by atoms with van der Waals surface area (Å²) < 4.78 is 16.5. The lowest BCUT2D eigenvalue weighted by Gasteiger charge is -2.25. The van der Waals surface area contributed by atoms with Crippen molar-refractivity contribution < 1.29 is 8.63 Å². The maximum absolute atomic E-state index is 11.5. The predicted octanol–water partition coefficient (Wildman–Crippen LogP) is 3.40. The minimum atomic E-state index is -1.29. The van der Waals surface area contributed by atoms with Crippen molar-refractivity contribution in [3.8, 4) is 0 Å². The van der Waals surface area contributed by atoms with Crippen LogP contribution in [0.4, 0.5) is 0 Å². The third-order valence-corrected chi connectivity index (χ3v) is 4.75. The standard InChI is InChI=1S/C15H21NO2S/c1-11(10-15(2,3)19(16)17)8-12-4-5-13-6-7-18-14(13)9-12/h4-7,9,11H,8,10,16H2,1-3H3/t11-,19?/m1/s1. The lowest BCUT2D eigenvalue weighted by molar-refractivity contribution is 0.455. The molecule has 3 nitrogen and oxygen atoms in total. The van der Waals surface area contributed by atoms with Crippen molar-refractivity contribution in [3.63, 3.8) is 0 Å². The fraction of sp³-hybridized carbons (Fsp3) is 0.467. The van der Waals surface area contributed by atoms with Crippen molar-refractivity contribution in [3.05, 3.63) is 36.1 Å². The van der Waals surface area contributed by atoms with Gasteiger partial charge >= 0.3 is 0 Å². The van der Waals surface area contributed by atoms with Crippen LogP contribution in [-0.4, -0.2) is 8.96 Å². The van der Waals surface area contributed by atoms with Crippen molar-refractivity contribution in [1.29, 1.82) is 0 Å². The molecule has 0 radical (unpaired) electrons. The Bertz CT molecular complexity index is 589. The van der Waals surface area contributed by atoms with E-state index in [0.29, 0.717) is 5.92 Å². The molecule has 2 N–H and O–H groups in total. The zero-order valence-electron chi connectivity index (χ0n) is 11.7. The van der Waals surface area contributed by atoms with Gasteiger partial charge in [0.2, 0.25) is 0 Å². The molecule has 1 aromatic heterocycles. The summed E-state index contributed by atoms with van der Waals surface area (Å²) in [4.78, 5) is 0. The molecule has 0 bridgehead atoms. The minimum absolute atomic E-state index is 0.339. The van der Waals surface area contributed by atoms with Gasteiger partial charge in [0.15, 0.2) is 0 Å². The number of hydrogen-bond donors (Lipinski definition) is 1. The third-order valence-electron chi connectivity index (χ3n) is 3.49. The fourth-order valence-electron chi connectivity index (χ4n) is 2.52. The molecule has 0 saturated heterocycles. The molecule has 4 heteroatoms. The summed E-state index contributed by atoms with van der Waals surface area (Å²) in [5.41, 5.74) is 2.17. The molecular formula is C15H21NO2S. The van der Waals surface area contributed by atoms with Gasteiger partial charge in [0, 0.05) is 5.39 Å². The summed E-state index contributed by atoms with van der Waals surface area (Å²) in [6, 6.07) is 8.25. The average molecular weight is 279 g/mol. The van der Waals surface area contributed by atoms with Crippen LogP contribution in [0.15, 0.2) is 34.9 Å². The largest absolute Gasteiger partial charge is 0.464 e. The van der Waals surface area contributed by atoms with E-state index in [0.717, 1.165) is 23.8 Å². The van der Waals surface area contributed by atoms with E-state index in [-0.39, 0.29) is 4.75 Å². The molecule has 0 amide bonds. The number of rotatable bonds is 5. The summed E-state index contributed by atoms with van der Waals surface area (Å²) in [5, 5.41) is 6.65. The zero-order valence-corrected chi connectivity index (χ0v) is 12.5. The van der Waals surface area contributed by atoms with Gasteiger partial charge in [0.1, 0.15) is 5.58 Å². The molecule has 2 rings (SSSR count). The monoisotopic (exact) mass is 279 g/mol. The Morgan fingerprint density at radius 1 is 1.37 bits per heavy atom. The first-order chi connectivity index (χ1) is 8.88. The molecule has 0 aliphatic heterocycles.